The summed E-state index contributed by atoms with van der Waals surface area (Å²) >= 11 is 0. The Bertz CT molecular complexity index is 1470. The number of halogens is 1. The van der Waals surface area contributed by atoms with E-state index in [1.807, 2.05) is 41.1 Å². The minimum Gasteiger partial charge on any atom is -0.497 e. The fourth-order valence-corrected chi connectivity index (χ4v) is 5.92. The van der Waals surface area contributed by atoms with Crippen LogP contribution >= 0.6 is 0 Å². The smallest absolute Gasteiger partial charge is 0.253 e. The molecule has 1 aliphatic heterocycles. The van der Waals surface area contributed by atoms with Crippen molar-refractivity contribution in [3.8, 4) is 5.75 Å². The second-order valence-corrected chi connectivity index (χ2v) is 10.2. The first-order valence-electron chi connectivity index (χ1n) is 13.3. The summed E-state index contributed by atoms with van der Waals surface area (Å²) in [6.45, 7) is 2.53. The lowest BCUT2D eigenvalue weighted by Gasteiger charge is -2.40. The third-order valence-corrected chi connectivity index (χ3v) is 7.93. The Morgan fingerprint density at radius 1 is 1.03 bits per heavy atom. The molecule has 3 heterocycles. The maximum absolute atomic E-state index is 14.5. The lowest BCUT2D eigenvalue weighted by Crippen LogP contribution is -2.49. The largest absolute Gasteiger partial charge is 0.497 e. The SMILES string of the molecule is COc1ccc2cc([C@H](c3nnnn3C3CCCCC3)N3CCN(c4ccccc4F)CC3)c(=O)[nH]c2c1. The number of hydrogen-bond acceptors (Lipinski definition) is 7. The number of nitrogens with one attached hydrogen (secondary N) is 1. The van der Waals surface area contributed by atoms with Crippen molar-refractivity contribution in [3.05, 3.63) is 76.1 Å². The highest BCUT2D eigenvalue weighted by molar-refractivity contribution is 5.80. The third-order valence-electron chi connectivity index (χ3n) is 7.93. The van der Waals surface area contributed by atoms with Crippen LogP contribution in [0, 0.1) is 5.82 Å². The van der Waals surface area contributed by atoms with Crippen LogP contribution in [0.4, 0.5) is 10.1 Å². The molecule has 1 aliphatic carbocycles. The zero-order valence-electron chi connectivity index (χ0n) is 21.5. The number of H-pyrrole nitrogens is 1. The molecule has 9 nitrogen and oxygen atoms in total. The summed E-state index contributed by atoms with van der Waals surface area (Å²) in [6, 6.07) is 14.3. The third kappa shape index (κ3) is 4.64. The molecule has 198 valence electrons. The monoisotopic (exact) mass is 517 g/mol. The zero-order chi connectivity index (χ0) is 26.1. The number of fused-ring (bicyclic) bond motifs is 1. The first-order valence-corrected chi connectivity index (χ1v) is 13.3. The molecule has 38 heavy (non-hydrogen) atoms. The maximum Gasteiger partial charge on any atom is 0.253 e. The molecule has 2 aromatic carbocycles. The summed E-state index contributed by atoms with van der Waals surface area (Å²) in [6.07, 6.45) is 5.57. The van der Waals surface area contributed by atoms with E-state index in [2.05, 4.69) is 30.3 Å². The number of para-hydroxylation sites is 1. The first kappa shape index (κ1) is 24.5. The van der Waals surface area contributed by atoms with Gasteiger partial charge in [0.15, 0.2) is 5.82 Å². The number of methoxy groups -OCH3 is 1. The van der Waals surface area contributed by atoms with Gasteiger partial charge in [-0.3, -0.25) is 9.69 Å². The summed E-state index contributed by atoms with van der Waals surface area (Å²) in [5.74, 6) is 1.15. The van der Waals surface area contributed by atoms with Gasteiger partial charge in [0.05, 0.1) is 24.4 Å². The van der Waals surface area contributed by atoms with E-state index < -0.39 is 6.04 Å². The van der Waals surface area contributed by atoms with Crippen LogP contribution in [0.15, 0.2) is 53.3 Å². The van der Waals surface area contributed by atoms with Crippen molar-refractivity contribution in [3.63, 3.8) is 0 Å². The zero-order valence-corrected chi connectivity index (χ0v) is 21.5. The van der Waals surface area contributed by atoms with Crippen LogP contribution in [0.5, 0.6) is 5.75 Å². The highest BCUT2D eigenvalue weighted by atomic mass is 19.1. The van der Waals surface area contributed by atoms with Gasteiger partial charge < -0.3 is 14.6 Å². The number of ether oxygens (including phenoxy) is 1. The fourth-order valence-electron chi connectivity index (χ4n) is 5.92. The number of rotatable bonds is 6. The van der Waals surface area contributed by atoms with E-state index in [0.717, 1.165) is 31.1 Å². The highest BCUT2D eigenvalue weighted by Crippen LogP contribution is 2.34. The second kappa shape index (κ2) is 10.5. The van der Waals surface area contributed by atoms with Gasteiger partial charge >= 0.3 is 0 Å². The minimum atomic E-state index is -0.426. The predicted octanol–water partition coefficient (Wildman–Crippen LogP) is 4.08. The highest BCUT2D eigenvalue weighted by Gasteiger charge is 2.34. The molecule has 6 rings (SSSR count). The van der Waals surface area contributed by atoms with Gasteiger partial charge in [-0.15, -0.1) is 5.10 Å². The van der Waals surface area contributed by atoms with Crippen LogP contribution in [0.3, 0.4) is 0 Å². The molecular formula is C28H32FN7O2. The fraction of sp³-hybridized carbons (Fsp3) is 0.429. The number of nitrogens with zero attached hydrogens (tertiary/aromatic N) is 6. The van der Waals surface area contributed by atoms with Gasteiger partial charge in [-0.1, -0.05) is 31.4 Å². The summed E-state index contributed by atoms with van der Waals surface area (Å²) in [7, 11) is 1.61. The lowest BCUT2D eigenvalue weighted by atomic mass is 9.95. The summed E-state index contributed by atoms with van der Waals surface area (Å²) < 4.78 is 21.8. The number of benzene rings is 2. The molecule has 2 aliphatic rings. The second-order valence-electron chi connectivity index (χ2n) is 10.2. The Morgan fingerprint density at radius 3 is 2.58 bits per heavy atom. The molecule has 2 aromatic heterocycles. The number of aromatic amines is 1. The molecule has 0 bridgehead atoms. The van der Waals surface area contributed by atoms with Crippen molar-refractivity contribution in [1.29, 1.82) is 0 Å². The molecule has 1 N–H and O–H groups in total. The molecule has 1 atom stereocenters. The first-order chi connectivity index (χ1) is 18.6. The molecule has 0 unspecified atom stereocenters. The van der Waals surface area contributed by atoms with E-state index >= 15 is 0 Å². The van der Waals surface area contributed by atoms with Gasteiger partial charge in [0.25, 0.3) is 5.56 Å². The Balaban J connectivity index is 1.39. The van der Waals surface area contributed by atoms with Crippen molar-refractivity contribution in [2.75, 3.05) is 38.2 Å². The number of hydrogen-bond donors (Lipinski definition) is 1. The predicted molar refractivity (Wildman–Crippen MR) is 143 cm³/mol. The lowest BCUT2D eigenvalue weighted by molar-refractivity contribution is 0.192. The number of aromatic nitrogens is 5. The minimum absolute atomic E-state index is 0.175. The van der Waals surface area contributed by atoms with Crippen LogP contribution in [0.1, 0.15) is 55.6 Å². The van der Waals surface area contributed by atoms with E-state index in [1.54, 1.807) is 13.2 Å². The van der Waals surface area contributed by atoms with E-state index in [4.69, 9.17) is 4.74 Å². The van der Waals surface area contributed by atoms with Crippen molar-refractivity contribution in [1.82, 2.24) is 30.1 Å². The van der Waals surface area contributed by atoms with Gasteiger partial charge in [-0.05, 0) is 59.0 Å². The van der Waals surface area contributed by atoms with Crippen molar-refractivity contribution in [2.24, 2.45) is 0 Å². The number of anilines is 1. The maximum atomic E-state index is 14.5. The average Bonchev–Trinajstić information content (AvgIpc) is 3.44. The molecule has 2 fully saturated rings. The molecule has 1 saturated heterocycles. The van der Waals surface area contributed by atoms with Crippen molar-refractivity contribution in [2.45, 2.75) is 44.2 Å². The normalized spacial score (nSPS) is 18.1. The Morgan fingerprint density at radius 2 is 1.82 bits per heavy atom. The Kier molecular flexibility index (Phi) is 6.80. The van der Waals surface area contributed by atoms with Crippen LogP contribution in [0.25, 0.3) is 10.9 Å². The Labute approximate surface area is 220 Å². The van der Waals surface area contributed by atoms with E-state index in [-0.39, 0.29) is 17.4 Å². The van der Waals surface area contributed by atoms with E-state index in [1.165, 1.54) is 12.5 Å². The van der Waals surface area contributed by atoms with Crippen molar-refractivity contribution < 1.29 is 9.13 Å². The average molecular weight is 518 g/mol. The molecule has 0 radical (unpaired) electrons. The number of pyridine rings is 1. The molecular weight excluding hydrogens is 485 g/mol. The molecule has 1 saturated carbocycles. The van der Waals surface area contributed by atoms with E-state index in [9.17, 15) is 9.18 Å². The quantitative estimate of drug-likeness (QED) is 0.412. The number of tetrazole rings is 1. The van der Waals surface area contributed by atoms with E-state index in [0.29, 0.717) is 54.5 Å². The van der Waals surface area contributed by atoms with Gasteiger partial charge in [0, 0.05) is 37.8 Å². The molecule has 4 aromatic rings. The van der Waals surface area contributed by atoms with Crippen LogP contribution < -0.4 is 15.2 Å². The van der Waals surface area contributed by atoms with Crippen LogP contribution in [-0.4, -0.2) is 63.4 Å². The molecule has 10 heteroatoms. The summed E-state index contributed by atoms with van der Waals surface area (Å²) in [5.41, 5.74) is 1.75. The number of piperazine rings is 1. The summed E-state index contributed by atoms with van der Waals surface area (Å²) in [4.78, 5) is 20.9. The van der Waals surface area contributed by atoms with Gasteiger partial charge in [0.1, 0.15) is 17.6 Å². The Hall–Kier alpha value is -3.79. The summed E-state index contributed by atoms with van der Waals surface area (Å²) in [5, 5.41) is 13.9. The standard InChI is InChI=1S/C28H32FN7O2/c1-38-21-12-11-19-17-22(28(37)30-24(19)18-21)26(27-31-32-33-36(27)20-7-3-2-4-8-20)35-15-13-34(14-16-35)25-10-6-5-9-23(25)29/h5-6,9-12,17-18,20,26H,2-4,7-8,13-16H2,1H3,(H,30,37)/t26-/m1/s1. The van der Waals surface area contributed by atoms with Crippen LogP contribution in [-0.2, 0) is 0 Å². The molecule has 0 amide bonds. The van der Waals surface area contributed by atoms with Gasteiger partial charge in [-0.25, -0.2) is 9.07 Å². The van der Waals surface area contributed by atoms with Gasteiger partial charge in [0.2, 0.25) is 0 Å². The van der Waals surface area contributed by atoms with Crippen LogP contribution in [0.2, 0.25) is 0 Å². The molecule has 0 spiro atoms. The van der Waals surface area contributed by atoms with Gasteiger partial charge in [-0.2, -0.15) is 0 Å². The van der Waals surface area contributed by atoms with Crippen molar-refractivity contribution >= 4 is 16.6 Å². The topological polar surface area (TPSA) is 92.2 Å².